The Balaban J connectivity index is 2.04. The summed E-state index contributed by atoms with van der Waals surface area (Å²) in [5.74, 6) is -1.09. The van der Waals surface area contributed by atoms with E-state index in [0.717, 1.165) is 0 Å². The fourth-order valence-electron chi connectivity index (χ4n) is 1.68. The third kappa shape index (κ3) is 1.09. The Morgan fingerprint density at radius 3 is 2.45 bits per heavy atom. The minimum absolute atomic E-state index is 0.411. The normalized spacial score (nSPS) is 37.5. The van der Waals surface area contributed by atoms with E-state index in [2.05, 4.69) is 0 Å². The molecule has 0 aromatic rings. The van der Waals surface area contributed by atoms with Crippen molar-refractivity contribution in [2.75, 3.05) is 0 Å². The molecule has 0 aromatic carbocycles. The molecule has 2 rings (SSSR count). The van der Waals surface area contributed by atoms with E-state index in [1.54, 1.807) is 12.2 Å². The Morgan fingerprint density at radius 2 is 2.09 bits per heavy atom. The number of rotatable bonds is 0. The zero-order valence-electron chi connectivity index (χ0n) is 6.70. The first-order valence-electron chi connectivity index (χ1n) is 3.79. The Morgan fingerprint density at radius 1 is 1.45 bits per heavy atom. The van der Waals surface area contributed by atoms with Gasteiger partial charge >= 0.3 is 0 Å². The Kier molecular flexibility index (Phi) is 1.23. The summed E-state index contributed by atoms with van der Waals surface area (Å²) in [6.07, 6.45) is 3.60. The highest BCUT2D eigenvalue weighted by Gasteiger charge is 2.53. The molecule has 3 heteroatoms. The van der Waals surface area contributed by atoms with Crippen LogP contribution in [0.25, 0.3) is 0 Å². The molecule has 1 aliphatic carbocycles. The Labute approximate surface area is 65.6 Å². The molecule has 1 spiro atoms. The van der Waals surface area contributed by atoms with E-state index < -0.39 is 17.7 Å². The highest BCUT2D eigenvalue weighted by atomic mass is 16.9. The van der Waals surface area contributed by atoms with Crippen molar-refractivity contribution < 1.29 is 14.6 Å². The van der Waals surface area contributed by atoms with Crippen molar-refractivity contribution in [3.05, 3.63) is 12.2 Å². The SMILES string of the molecule is CC1(C)OC2(C=CC(O)C2)O1. The largest absolute Gasteiger partial charge is 0.389 e. The van der Waals surface area contributed by atoms with Gasteiger partial charge in [-0.05, 0) is 19.9 Å². The first-order valence-corrected chi connectivity index (χ1v) is 3.79. The molecule has 1 heterocycles. The monoisotopic (exact) mass is 156 g/mol. The van der Waals surface area contributed by atoms with Gasteiger partial charge in [-0.1, -0.05) is 6.08 Å². The molecular weight excluding hydrogens is 144 g/mol. The molecule has 0 radical (unpaired) electrons. The van der Waals surface area contributed by atoms with Crippen LogP contribution in [0.2, 0.25) is 0 Å². The first kappa shape index (κ1) is 7.28. The maximum absolute atomic E-state index is 9.15. The van der Waals surface area contributed by atoms with Gasteiger partial charge in [0.1, 0.15) is 0 Å². The van der Waals surface area contributed by atoms with Crippen molar-refractivity contribution in [1.29, 1.82) is 0 Å². The second-order valence-electron chi connectivity index (χ2n) is 3.55. The quantitative estimate of drug-likeness (QED) is 0.527. The zero-order chi connectivity index (χ0) is 8.11. The molecule has 1 fully saturated rings. The van der Waals surface area contributed by atoms with Gasteiger partial charge in [0.2, 0.25) is 0 Å². The summed E-state index contributed by atoms with van der Waals surface area (Å²) in [4.78, 5) is 0. The van der Waals surface area contributed by atoms with E-state index in [9.17, 15) is 0 Å². The average molecular weight is 156 g/mol. The number of aliphatic hydroxyl groups excluding tert-OH is 1. The Bertz CT molecular complexity index is 199. The van der Waals surface area contributed by atoms with Crippen molar-refractivity contribution in [2.24, 2.45) is 0 Å². The molecule has 1 N–H and O–H groups in total. The molecule has 0 amide bonds. The fraction of sp³-hybridized carbons (Fsp3) is 0.750. The summed E-state index contributed by atoms with van der Waals surface area (Å²) < 4.78 is 11.0. The molecule has 0 saturated carbocycles. The van der Waals surface area contributed by atoms with Gasteiger partial charge in [0.15, 0.2) is 11.6 Å². The Hall–Kier alpha value is -0.380. The van der Waals surface area contributed by atoms with E-state index in [0.29, 0.717) is 6.42 Å². The molecule has 2 aliphatic rings. The van der Waals surface area contributed by atoms with E-state index in [-0.39, 0.29) is 0 Å². The summed E-state index contributed by atoms with van der Waals surface area (Å²) in [7, 11) is 0. The lowest BCUT2D eigenvalue weighted by molar-refractivity contribution is -0.478. The van der Waals surface area contributed by atoms with Gasteiger partial charge in [0.05, 0.1) is 6.10 Å². The number of hydrogen-bond acceptors (Lipinski definition) is 3. The van der Waals surface area contributed by atoms with Crippen LogP contribution in [0.5, 0.6) is 0 Å². The lowest BCUT2D eigenvalue weighted by Gasteiger charge is -2.50. The summed E-state index contributed by atoms with van der Waals surface area (Å²) in [6, 6.07) is 0. The van der Waals surface area contributed by atoms with Crippen molar-refractivity contribution in [2.45, 2.75) is 37.9 Å². The van der Waals surface area contributed by atoms with Gasteiger partial charge in [-0.3, -0.25) is 0 Å². The molecule has 1 atom stereocenters. The third-order valence-corrected chi connectivity index (χ3v) is 1.90. The van der Waals surface area contributed by atoms with Gasteiger partial charge in [0, 0.05) is 6.42 Å². The second-order valence-corrected chi connectivity index (χ2v) is 3.55. The number of ether oxygens (including phenoxy) is 2. The highest BCUT2D eigenvalue weighted by molar-refractivity contribution is 5.12. The van der Waals surface area contributed by atoms with Crippen LogP contribution in [0.4, 0.5) is 0 Å². The minimum atomic E-state index is -0.608. The van der Waals surface area contributed by atoms with Gasteiger partial charge in [-0.15, -0.1) is 0 Å². The maximum atomic E-state index is 9.15. The average Bonchev–Trinajstić information content (AvgIpc) is 2.08. The van der Waals surface area contributed by atoms with Gasteiger partial charge in [0.25, 0.3) is 0 Å². The van der Waals surface area contributed by atoms with Crippen LogP contribution in [0.1, 0.15) is 20.3 Å². The third-order valence-electron chi connectivity index (χ3n) is 1.90. The first-order chi connectivity index (χ1) is 5.02. The molecule has 3 nitrogen and oxygen atoms in total. The van der Waals surface area contributed by atoms with Crippen LogP contribution in [0.3, 0.4) is 0 Å². The van der Waals surface area contributed by atoms with Crippen molar-refractivity contribution in [3.8, 4) is 0 Å². The summed E-state index contributed by atoms with van der Waals surface area (Å²) in [5.41, 5.74) is 0. The van der Waals surface area contributed by atoms with Gasteiger partial charge < -0.3 is 14.6 Å². The van der Waals surface area contributed by atoms with E-state index >= 15 is 0 Å². The smallest absolute Gasteiger partial charge is 0.197 e. The molecule has 1 unspecified atom stereocenters. The van der Waals surface area contributed by atoms with Crippen LogP contribution in [-0.4, -0.2) is 22.8 Å². The van der Waals surface area contributed by atoms with Gasteiger partial charge in [-0.2, -0.15) is 0 Å². The standard InChI is InChI=1S/C8H12O3/c1-7(2)10-8(11-7)4-3-6(9)5-8/h3-4,6,9H,5H2,1-2H3. The van der Waals surface area contributed by atoms with E-state index in [4.69, 9.17) is 14.6 Å². The predicted octanol–water partition coefficient (Wildman–Crippen LogP) is 0.786. The fourth-order valence-corrected chi connectivity index (χ4v) is 1.68. The van der Waals surface area contributed by atoms with Crippen LogP contribution in [0.15, 0.2) is 12.2 Å². The van der Waals surface area contributed by atoms with Gasteiger partial charge in [-0.25, -0.2) is 0 Å². The number of aliphatic hydroxyl groups is 1. The molecular formula is C8H12O3. The molecule has 62 valence electrons. The molecule has 0 aromatic heterocycles. The van der Waals surface area contributed by atoms with Crippen LogP contribution < -0.4 is 0 Å². The predicted molar refractivity (Wildman–Crippen MR) is 38.7 cm³/mol. The molecule has 1 saturated heterocycles. The van der Waals surface area contributed by atoms with Crippen molar-refractivity contribution in [3.63, 3.8) is 0 Å². The van der Waals surface area contributed by atoms with E-state index in [1.165, 1.54) is 0 Å². The topological polar surface area (TPSA) is 38.7 Å². The van der Waals surface area contributed by atoms with Crippen molar-refractivity contribution >= 4 is 0 Å². The lowest BCUT2D eigenvalue weighted by atomic mass is 10.1. The van der Waals surface area contributed by atoms with Crippen LogP contribution in [0, 0.1) is 0 Å². The number of hydrogen-bond donors (Lipinski definition) is 1. The molecule has 0 bridgehead atoms. The zero-order valence-corrected chi connectivity index (χ0v) is 6.70. The molecule has 11 heavy (non-hydrogen) atoms. The highest BCUT2D eigenvalue weighted by Crippen LogP contribution is 2.44. The van der Waals surface area contributed by atoms with Crippen molar-refractivity contribution in [1.82, 2.24) is 0 Å². The second kappa shape index (κ2) is 1.86. The van der Waals surface area contributed by atoms with E-state index in [1.807, 2.05) is 13.8 Å². The minimum Gasteiger partial charge on any atom is -0.389 e. The lowest BCUT2D eigenvalue weighted by Crippen LogP contribution is -2.58. The van der Waals surface area contributed by atoms with Crippen LogP contribution >= 0.6 is 0 Å². The van der Waals surface area contributed by atoms with Crippen LogP contribution in [-0.2, 0) is 9.47 Å². The maximum Gasteiger partial charge on any atom is 0.197 e. The summed E-state index contributed by atoms with van der Waals surface area (Å²) in [6.45, 7) is 3.72. The summed E-state index contributed by atoms with van der Waals surface area (Å²) in [5, 5.41) is 9.15. The summed E-state index contributed by atoms with van der Waals surface area (Å²) >= 11 is 0. The molecule has 1 aliphatic heterocycles.